The Balaban J connectivity index is 1.41. The zero-order chi connectivity index (χ0) is 29.6. The number of nitrogens with zero attached hydrogens (tertiary/aromatic N) is 3. The molecule has 0 amide bonds. The molecule has 3 aliphatic rings. The van der Waals surface area contributed by atoms with Crippen molar-refractivity contribution >= 4 is 37.0 Å². The second kappa shape index (κ2) is 10.5. The largest absolute Gasteiger partial charge is 0.454 e. The van der Waals surface area contributed by atoms with Gasteiger partial charge in [0.2, 0.25) is 16.8 Å². The Morgan fingerprint density at radius 2 is 1.64 bits per heavy atom. The molecule has 0 saturated heterocycles. The van der Waals surface area contributed by atoms with Crippen LogP contribution in [0, 0.1) is 17.0 Å². The molecule has 14 heteroatoms. The van der Waals surface area contributed by atoms with Crippen molar-refractivity contribution in [3.05, 3.63) is 93.5 Å². The molecule has 1 saturated carbocycles. The number of hydrogen-bond acceptors (Lipinski definition) is 9. The van der Waals surface area contributed by atoms with Crippen LogP contribution in [0.5, 0.6) is 11.5 Å². The van der Waals surface area contributed by atoms with Crippen LogP contribution in [0.15, 0.2) is 87.2 Å². The van der Waals surface area contributed by atoms with Gasteiger partial charge in [0.1, 0.15) is 0 Å². The minimum absolute atomic E-state index is 0.0112. The number of benzene rings is 3. The van der Waals surface area contributed by atoms with Crippen molar-refractivity contribution in [2.45, 2.75) is 42.0 Å². The molecule has 3 aromatic rings. The van der Waals surface area contributed by atoms with E-state index in [1.807, 2.05) is 6.92 Å². The number of hydrazone groups is 1. The van der Waals surface area contributed by atoms with E-state index >= 15 is 0 Å². The van der Waals surface area contributed by atoms with Crippen LogP contribution in [0.3, 0.4) is 0 Å². The van der Waals surface area contributed by atoms with E-state index in [1.165, 1.54) is 28.6 Å². The van der Waals surface area contributed by atoms with Gasteiger partial charge < -0.3 is 9.47 Å². The van der Waals surface area contributed by atoms with Gasteiger partial charge in [-0.25, -0.2) is 8.42 Å². The van der Waals surface area contributed by atoms with E-state index in [1.54, 1.807) is 30.3 Å². The van der Waals surface area contributed by atoms with Gasteiger partial charge in [0.15, 0.2) is 11.5 Å². The summed E-state index contributed by atoms with van der Waals surface area (Å²) in [6, 6.07) is 15.8. The van der Waals surface area contributed by atoms with Crippen molar-refractivity contribution in [2.24, 2.45) is 5.10 Å². The van der Waals surface area contributed by atoms with Crippen molar-refractivity contribution in [1.29, 1.82) is 0 Å². The predicted molar refractivity (Wildman–Crippen MR) is 153 cm³/mol. The third-order valence-electron chi connectivity index (χ3n) is 7.53. The van der Waals surface area contributed by atoms with Crippen molar-refractivity contribution in [3.8, 4) is 11.5 Å². The number of nitrogens with one attached hydrogen (secondary N) is 1. The zero-order valence-corrected chi connectivity index (χ0v) is 24.0. The van der Waals surface area contributed by atoms with Crippen LogP contribution in [0.1, 0.15) is 30.4 Å². The van der Waals surface area contributed by atoms with Crippen LogP contribution in [-0.2, 0) is 20.0 Å². The lowest BCUT2D eigenvalue weighted by Gasteiger charge is -2.30. The Morgan fingerprint density at radius 3 is 2.36 bits per heavy atom. The Kier molecular flexibility index (Phi) is 6.99. The maximum atomic E-state index is 13.9. The average Bonchev–Trinajstić information content (AvgIpc) is 3.61. The molecule has 1 N–H and O–H groups in total. The molecule has 3 aromatic carbocycles. The third kappa shape index (κ3) is 5.01. The smallest absolute Gasteiger partial charge is 0.276 e. The van der Waals surface area contributed by atoms with E-state index in [9.17, 15) is 26.9 Å². The molecule has 0 unspecified atom stereocenters. The van der Waals surface area contributed by atoms with E-state index in [4.69, 9.17) is 9.47 Å². The van der Waals surface area contributed by atoms with E-state index in [2.05, 4.69) is 9.93 Å². The van der Waals surface area contributed by atoms with Gasteiger partial charge in [0.25, 0.3) is 15.7 Å². The highest BCUT2D eigenvalue weighted by Gasteiger charge is 2.44. The molecule has 1 atom stereocenters. The topological polar surface area (TPSA) is 158 Å². The fraction of sp³-hybridized carbons (Fsp3) is 0.250. The summed E-state index contributed by atoms with van der Waals surface area (Å²) in [7, 11) is -8.07. The number of fused-ring (bicyclic) bond motifs is 2. The highest BCUT2D eigenvalue weighted by atomic mass is 32.2. The molecule has 1 fully saturated rings. The molecule has 218 valence electrons. The predicted octanol–water partition coefficient (Wildman–Crippen LogP) is 3.98. The first-order valence-electron chi connectivity index (χ1n) is 13.1. The number of rotatable bonds is 7. The van der Waals surface area contributed by atoms with E-state index < -0.39 is 31.0 Å². The molecule has 6 rings (SSSR count). The quantitative estimate of drug-likeness (QED) is 0.311. The fourth-order valence-electron chi connectivity index (χ4n) is 5.41. The molecule has 0 bridgehead atoms. The van der Waals surface area contributed by atoms with Crippen molar-refractivity contribution < 1.29 is 31.2 Å². The molecule has 2 heterocycles. The van der Waals surface area contributed by atoms with Crippen LogP contribution in [0.2, 0.25) is 0 Å². The molecule has 0 aromatic heterocycles. The van der Waals surface area contributed by atoms with Crippen molar-refractivity contribution in [1.82, 2.24) is 9.14 Å². The van der Waals surface area contributed by atoms with Crippen LogP contribution >= 0.6 is 0 Å². The van der Waals surface area contributed by atoms with E-state index in [0.29, 0.717) is 53.2 Å². The maximum Gasteiger partial charge on any atom is 0.276 e. The molecule has 0 radical (unpaired) electrons. The summed E-state index contributed by atoms with van der Waals surface area (Å²) < 4.78 is 66.2. The second-order valence-electron chi connectivity index (χ2n) is 10.1. The standard InChI is InChI=1S/C28H26N4O8S2/c1-18-5-10-21(11-6-18)41(35,36)30-29-24-3-2-4-25-28(24)23(19-7-14-26-27(15-19)40-17-39-26)16-31(25)42(37,38)22-12-8-20(9-13-22)32(33)34/h5-15,25,30H,2-4,16-17H2,1H3/b29-24+/t25-/m0/s1. The first kappa shape index (κ1) is 27.9. The zero-order valence-electron chi connectivity index (χ0n) is 22.4. The van der Waals surface area contributed by atoms with E-state index in [-0.39, 0.29) is 28.8 Å². The van der Waals surface area contributed by atoms with Gasteiger partial charge in [-0.3, -0.25) is 10.1 Å². The molecule has 2 aliphatic heterocycles. The summed E-state index contributed by atoms with van der Waals surface area (Å²) in [4.78, 5) is 12.8. The Labute approximate surface area is 242 Å². The van der Waals surface area contributed by atoms with Crippen LogP contribution in [0.4, 0.5) is 5.69 Å². The highest BCUT2D eigenvalue weighted by Crippen LogP contribution is 2.44. The Hall–Kier alpha value is -4.27. The lowest BCUT2D eigenvalue weighted by atomic mass is 9.86. The molecule has 12 nitrogen and oxygen atoms in total. The number of hydrogen-bond donors (Lipinski definition) is 1. The summed E-state index contributed by atoms with van der Waals surface area (Å²) in [6.45, 7) is 1.91. The maximum absolute atomic E-state index is 13.9. The van der Waals surface area contributed by atoms with Crippen molar-refractivity contribution in [2.75, 3.05) is 13.3 Å². The van der Waals surface area contributed by atoms with Crippen LogP contribution < -0.4 is 14.3 Å². The normalized spacial score (nSPS) is 19.6. The van der Waals surface area contributed by atoms with Crippen LogP contribution in [-0.4, -0.2) is 51.2 Å². The lowest BCUT2D eigenvalue weighted by Crippen LogP contribution is -2.40. The number of aryl methyl sites for hydroxylation is 1. The SMILES string of the molecule is Cc1ccc(S(=O)(=O)N/N=C2\CCC[C@H]3C2=C(c2ccc4c(c2)OCO4)CN3S(=O)(=O)c2ccc([N+](=O)[O-])cc2)cc1. The first-order valence-corrected chi connectivity index (χ1v) is 16.0. The number of ether oxygens (including phenoxy) is 2. The molecular formula is C28H26N4O8S2. The molecular weight excluding hydrogens is 584 g/mol. The van der Waals surface area contributed by atoms with Gasteiger partial charge in [0, 0.05) is 18.7 Å². The Bertz CT molecular complexity index is 1850. The molecule has 1 aliphatic carbocycles. The van der Waals surface area contributed by atoms with Gasteiger partial charge in [-0.2, -0.15) is 22.7 Å². The summed E-state index contributed by atoms with van der Waals surface area (Å²) in [6.07, 6.45) is 1.49. The van der Waals surface area contributed by atoms with Gasteiger partial charge in [-0.15, -0.1) is 0 Å². The minimum Gasteiger partial charge on any atom is -0.454 e. The summed E-state index contributed by atoms with van der Waals surface area (Å²) in [5.74, 6) is 1.08. The molecule has 42 heavy (non-hydrogen) atoms. The third-order valence-corrected chi connectivity index (χ3v) is 10.6. The van der Waals surface area contributed by atoms with Gasteiger partial charge in [0.05, 0.1) is 26.5 Å². The number of nitro benzene ring substituents is 1. The Morgan fingerprint density at radius 1 is 0.952 bits per heavy atom. The number of sulfonamides is 2. The average molecular weight is 611 g/mol. The molecule has 0 spiro atoms. The van der Waals surface area contributed by atoms with Crippen LogP contribution in [0.25, 0.3) is 5.57 Å². The fourth-order valence-corrected chi connectivity index (χ4v) is 7.83. The van der Waals surface area contributed by atoms with Gasteiger partial charge in [-0.1, -0.05) is 23.8 Å². The first-order chi connectivity index (χ1) is 20.0. The van der Waals surface area contributed by atoms with Gasteiger partial charge in [-0.05, 0) is 79.3 Å². The van der Waals surface area contributed by atoms with E-state index in [0.717, 1.165) is 17.7 Å². The minimum atomic E-state index is -4.10. The van der Waals surface area contributed by atoms with Crippen molar-refractivity contribution in [3.63, 3.8) is 0 Å². The summed E-state index contributed by atoms with van der Waals surface area (Å²) in [5.41, 5.74) is 3.11. The monoisotopic (exact) mass is 610 g/mol. The summed E-state index contributed by atoms with van der Waals surface area (Å²) >= 11 is 0. The summed E-state index contributed by atoms with van der Waals surface area (Å²) in [5, 5.41) is 15.5. The highest BCUT2D eigenvalue weighted by molar-refractivity contribution is 7.89. The number of nitro groups is 1. The van der Waals surface area contributed by atoms with Gasteiger partial charge >= 0.3 is 0 Å². The lowest BCUT2D eigenvalue weighted by molar-refractivity contribution is -0.384. The second-order valence-corrected chi connectivity index (χ2v) is 13.7. The number of non-ortho nitro benzene ring substituents is 1.